The molecule has 2 aliphatic heterocycles. The predicted molar refractivity (Wildman–Crippen MR) is 174 cm³/mol. The minimum absolute atomic E-state index is 0.00515. The first-order valence-corrected chi connectivity index (χ1v) is 16.6. The van der Waals surface area contributed by atoms with E-state index in [2.05, 4.69) is 15.6 Å². The van der Waals surface area contributed by atoms with Crippen LogP contribution in [-0.4, -0.2) is 66.1 Å². The second kappa shape index (κ2) is 13.1. The average molecular weight is 653 g/mol. The number of amides is 2. The predicted octanol–water partition coefficient (Wildman–Crippen LogP) is 3.36. The lowest BCUT2D eigenvalue weighted by Gasteiger charge is -2.31. The standard InChI is InChI=1S/C35H32N4O7S/c1-46-26-15-9-22(10-16-26)18-28(38-34(42)25-13-11-24(12-14-25)23-6-3-2-4-7-23)35(43)39-32(19-27-33(39)31(41)20-37-27)47(44,45)21-29-30(40)8-5-17-36-29/h2-17,28,32,37,40H,18-21H2,1H3,(H,38,42). The smallest absolute Gasteiger partial charge is 0.251 e. The van der Waals surface area contributed by atoms with Crippen molar-refractivity contribution >= 4 is 27.4 Å². The van der Waals surface area contributed by atoms with Gasteiger partial charge in [-0.15, -0.1) is 0 Å². The Bertz CT molecular complexity index is 1960. The number of hydrogen-bond donors (Lipinski definition) is 3. The lowest BCUT2D eigenvalue weighted by atomic mass is 10.0. The van der Waals surface area contributed by atoms with Crippen LogP contribution >= 0.6 is 0 Å². The Hall–Kier alpha value is -5.49. The number of aromatic hydroxyl groups is 1. The van der Waals surface area contributed by atoms with Crippen LogP contribution < -0.4 is 15.4 Å². The summed E-state index contributed by atoms with van der Waals surface area (Å²) in [6.07, 6.45) is 1.22. The summed E-state index contributed by atoms with van der Waals surface area (Å²) in [6, 6.07) is 25.1. The number of carbonyl (C=O) groups excluding carboxylic acids is 3. The van der Waals surface area contributed by atoms with Crippen LogP contribution in [0.25, 0.3) is 11.1 Å². The van der Waals surface area contributed by atoms with E-state index >= 15 is 0 Å². The molecule has 2 unspecified atom stereocenters. The van der Waals surface area contributed by atoms with Gasteiger partial charge in [-0.05, 0) is 53.1 Å². The fourth-order valence-electron chi connectivity index (χ4n) is 5.80. The number of ketones is 1. The van der Waals surface area contributed by atoms with Crippen molar-refractivity contribution in [3.05, 3.63) is 125 Å². The fraction of sp³-hybridized carbons (Fsp3) is 0.200. The normalized spacial score (nSPS) is 16.4. The first-order valence-electron chi connectivity index (χ1n) is 14.9. The van der Waals surface area contributed by atoms with Gasteiger partial charge < -0.3 is 20.5 Å². The van der Waals surface area contributed by atoms with E-state index in [-0.39, 0.29) is 36.5 Å². The highest BCUT2D eigenvalue weighted by Gasteiger charge is 2.49. The third-order valence-electron chi connectivity index (χ3n) is 8.23. The second-order valence-corrected chi connectivity index (χ2v) is 13.4. The number of nitrogens with one attached hydrogen (secondary N) is 2. The Labute approximate surface area is 271 Å². The molecule has 47 heavy (non-hydrogen) atoms. The number of Topliss-reactive ketones (excluding diaryl/α,β-unsaturated/α-hetero) is 1. The molecule has 2 aliphatic rings. The summed E-state index contributed by atoms with van der Waals surface area (Å²) in [5.74, 6) is -2.09. The van der Waals surface area contributed by atoms with Crippen molar-refractivity contribution in [3.63, 3.8) is 0 Å². The summed E-state index contributed by atoms with van der Waals surface area (Å²) in [7, 11) is -2.67. The molecule has 3 N–H and O–H groups in total. The molecular formula is C35H32N4O7S. The molecule has 11 nitrogen and oxygen atoms in total. The molecule has 2 amide bonds. The molecule has 3 aromatic carbocycles. The van der Waals surface area contributed by atoms with Crippen molar-refractivity contribution < 1.29 is 32.6 Å². The maximum atomic E-state index is 14.5. The van der Waals surface area contributed by atoms with Crippen molar-refractivity contribution in [2.24, 2.45) is 0 Å². The monoisotopic (exact) mass is 652 g/mol. The van der Waals surface area contributed by atoms with Crippen LogP contribution in [-0.2, 0) is 31.6 Å². The van der Waals surface area contributed by atoms with E-state index in [0.29, 0.717) is 22.6 Å². The number of sulfone groups is 1. The van der Waals surface area contributed by atoms with Gasteiger partial charge in [0.2, 0.25) is 0 Å². The van der Waals surface area contributed by atoms with Gasteiger partial charge in [-0.1, -0.05) is 54.6 Å². The van der Waals surface area contributed by atoms with E-state index < -0.39 is 44.6 Å². The largest absolute Gasteiger partial charge is 0.506 e. The zero-order valence-electron chi connectivity index (χ0n) is 25.4. The van der Waals surface area contributed by atoms with Gasteiger partial charge in [-0.2, -0.15) is 0 Å². The van der Waals surface area contributed by atoms with E-state index in [9.17, 15) is 27.9 Å². The molecule has 6 rings (SSSR count). The first kappa shape index (κ1) is 31.5. The van der Waals surface area contributed by atoms with Crippen LogP contribution in [0, 0.1) is 0 Å². The number of rotatable bonds is 10. The number of methoxy groups -OCH3 is 1. The lowest BCUT2D eigenvalue weighted by molar-refractivity contribution is -0.133. The van der Waals surface area contributed by atoms with Crippen molar-refractivity contribution in [1.29, 1.82) is 0 Å². The van der Waals surface area contributed by atoms with Crippen molar-refractivity contribution in [2.75, 3.05) is 13.7 Å². The van der Waals surface area contributed by atoms with Crippen molar-refractivity contribution in [1.82, 2.24) is 20.5 Å². The Morgan fingerprint density at radius 1 is 1.00 bits per heavy atom. The fourth-order valence-corrected chi connectivity index (χ4v) is 7.55. The number of benzene rings is 3. The molecule has 0 radical (unpaired) electrons. The van der Waals surface area contributed by atoms with E-state index in [4.69, 9.17) is 4.74 Å². The van der Waals surface area contributed by atoms with Crippen molar-refractivity contribution in [2.45, 2.75) is 30.0 Å². The van der Waals surface area contributed by atoms with Gasteiger partial charge in [0.1, 0.15) is 28.6 Å². The molecule has 0 spiro atoms. The number of ether oxygens (including phenoxy) is 1. The quantitative estimate of drug-likeness (QED) is 0.234. The molecule has 3 heterocycles. The molecule has 240 valence electrons. The topological polar surface area (TPSA) is 155 Å². The van der Waals surface area contributed by atoms with Gasteiger partial charge in [0.05, 0.1) is 25.1 Å². The number of carbonyl (C=O) groups is 3. The first-order chi connectivity index (χ1) is 22.6. The molecule has 0 saturated heterocycles. The summed E-state index contributed by atoms with van der Waals surface area (Å²) in [6.45, 7) is -0.0779. The number of nitrogens with zero attached hydrogens (tertiary/aromatic N) is 2. The summed E-state index contributed by atoms with van der Waals surface area (Å²) in [5.41, 5.74) is 3.09. The molecule has 0 aliphatic carbocycles. The van der Waals surface area contributed by atoms with Crippen LogP contribution in [0.3, 0.4) is 0 Å². The van der Waals surface area contributed by atoms with Gasteiger partial charge in [0.25, 0.3) is 11.8 Å². The van der Waals surface area contributed by atoms with Gasteiger partial charge in [0, 0.05) is 30.3 Å². The molecule has 0 bridgehead atoms. The third kappa shape index (κ3) is 6.59. The zero-order valence-corrected chi connectivity index (χ0v) is 26.2. The third-order valence-corrected chi connectivity index (χ3v) is 10.1. The second-order valence-electron chi connectivity index (χ2n) is 11.3. The van der Waals surface area contributed by atoms with E-state index in [0.717, 1.165) is 16.0 Å². The highest BCUT2D eigenvalue weighted by Crippen LogP contribution is 2.36. The van der Waals surface area contributed by atoms with Crippen LogP contribution in [0.1, 0.15) is 28.0 Å². The summed E-state index contributed by atoms with van der Waals surface area (Å²) in [4.78, 5) is 46.1. The number of aromatic nitrogens is 1. The van der Waals surface area contributed by atoms with Gasteiger partial charge in [-0.25, -0.2) is 8.42 Å². The van der Waals surface area contributed by atoms with Crippen LogP contribution in [0.15, 0.2) is 109 Å². The van der Waals surface area contributed by atoms with Gasteiger partial charge >= 0.3 is 0 Å². The molecular weight excluding hydrogens is 620 g/mol. The Kier molecular flexibility index (Phi) is 8.77. The Balaban J connectivity index is 1.33. The lowest BCUT2D eigenvalue weighted by Crippen LogP contribution is -2.53. The van der Waals surface area contributed by atoms with Crippen LogP contribution in [0.5, 0.6) is 11.5 Å². The van der Waals surface area contributed by atoms with E-state index in [1.165, 1.54) is 25.4 Å². The number of pyridine rings is 1. The summed E-state index contributed by atoms with van der Waals surface area (Å²) >= 11 is 0. The maximum absolute atomic E-state index is 14.5. The van der Waals surface area contributed by atoms with Crippen molar-refractivity contribution in [3.8, 4) is 22.6 Å². The average Bonchev–Trinajstić information content (AvgIpc) is 3.66. The molecule has 12 heteroatoms. The maximum Gasteiger partial charge on any atom is 0.251 e. The van der Waals surface area contributed by atoms with Gasteiger partial charge in [-0.3, -0.25) is 24.3 Å². The van der Waals surface area contributed by atoms with E-state index in [1.807, 2.05) is 30.3 Å². The van der Waals surface area contributed by atoms with Crippen LogP contribution in [0.2, 0.25) is 0 Å². The van der Waals surface area contributed by atoms with Crippen LogP contribution in [0.4, 0.5) is 0 Å². The molecule has 1 aromatic heterocycles. The Morgan fingerprint density at radius 2 is 1.70 bits per heavy atom. The number of hydrogen-bond acceptors (Lipinski definition) is 9. The minimum Gasteiger partial charge on any atom is -0.506 e. The minimum atomic E-state index is -4.20. The summed E-state index contributed by atoms with van der Waals surface area (Å²) in [5, 5.41) is 14.5. The Morgan fingerprint density at radius 3 is 2.38 bits per heavy atom. The van der Waals surface area contributed by atoms with E-state index in [1.54, 1.807) is 48.5 Å². The molecule has 0 saturated carbocycles. The highest BCUT2D eigenvalue weighted by atomic mass is 32.2. The zero-order chi connectivity index (χ0) is 33.1. The molecule has 4 aromatic rings. The highest BCUT2D eigenvalue weighted by molar-refractivity contribution is 7.91. The summed E-state index contributed by atoms with van der Waals surface area (Å²) < 4.78 is 32.9. The molecule has 2 atom stereocenters. The SMILES string of the molecule is COc1ccc(CC(NC(=O)c2ccc(-c3ccccc3)cc2)C(=O)N2C3=C(CC2S(=O)(=O)Cc2ncccc2O)NCC3=O)cc1. The van der Waals surface area contributed by atoms with Gasteiger partial charge in [0.15, 0.2) is 15.6 Å². The molecule has 0 fully saturated rings.